The Morgan fingerprint density at radius 2 is 1.45 bits per heavy atom. The van der Waals surface area contributed by atoms with Gasteiger partial charge in [-0.15, -0.1) is 6.58 Å². The summed E-state index contributed by atoms with van der Waals surface area (Å²) in [6.45, 7) is 17.5. The summed E-state index contributed by atoms with van der Waals surface area (Å²) in [4.78, 5) is 0. The molecule has 0 aliphatic rings. The summed E-state index contributed by atoms with van der Waals surface area (Å²) in [6.07, 6.45) is 1.12. The lowest BCUT2D eigenvalue weighted by atomic mass is 9.66. The zero-order valence-electron chi connectivity index (χ0n) is 8.91. The molecular weight excluding hydrogens is 132 g/mol. The van der Waals surface area contributed by atoms with Crippen LogP contribution in [0.1, 0.15) is 48.0 Å². The molecule has 0 saturated heterocycles. The highest BCUT2D eigenvalue weighted by Crippen LogP contribution is 2.42. The largest absolute Gasteiger partial charge is 0.100 e. The third-order valence-corrected chi connectivity index (χ3v) is 2.77. The lowest BCUT2D eigenvalue weighted by Crippen LogP contribution is -2.29. The van der Waals surface area contributed by atoms with Crippen molar-refractivity contribution in [2.45, 2.75) is 48.0 Å². The van der Waals surface area contributed by atoms with E-state index in [1.165, 1.54) is 5.57 Å². The van der Waals surface area contributed by atoms with Gasteiger partial charge in [0.1, 0.15) is 0 Å². The molecule has 0 unspecified atom stereocenters. The normalized spacial score (nSPS) is 13.3. The Hall–Kier alpha value is -0.260. The molecule has 0 radical (unpaired) electrons. The third kappa shape index (κ3) is 3.09. The van der Waals surface area contributed by atoms with E-state index in [9.17, 15) is 0 Å². The molecular formula is C11H22. The molecule has 0 fully saturated rings. The van der Waals surface area contributed by atoms with E-state index >= 15 is 0 Å². The molecule has 0 heterocycles. The van der Waals surface area contributed by atoms with E-state index < -0.39 is 0 Å². The average molecular weight is 154 g/mol. The van der Waals surface area contributed by atoms with Crippen molar-refractivity contribution in [1.82, 2.24) is 0 Å². The first-order valence-corrected chi connectivity index (χ1v) is 4.31. The van der Waals surface area contributed by atoms with Crippen LogP contribution in [-0.2, 0) is 0 Å². The van der Waals surface area contributed by atoms with Crippen molar-refractivity contribution in [3.05, 3.63) is 12.2 Å². The van der Waals surface area contributed by atoms with E-state index in [2.05, 4.69) is 48.1 Å². The monoisotopic (exact) mass is 154 g/mol. The minimum atomic E-state index is 0.360. The van der Waals surface area contributed by atoms with E-state index in [0.29, 0.717) is 10.8 Å². The number of hydrogen-bond donors (Lipinski definition) is 0. The van der Waals surface area contributed by atoms with Crippen molar-refractivity contribution in [3.8, 4) is 0 Å². The van der Waals surface area contributed by atoms with Crippen LogP contribution in [0.15, 0.2) is 12.2 Å². The second kappa shape index (κ2) is 3.00. The topological polar surface area (TPSA) is 0 Å². The van der Waals surface area contributed by atoms with Crippen LogP contribution in [0.25, 0.3) is 0 Å². The molecule has 0 nitrogen and oxygen atoms in total. The van der Waals surface area contributed by atoms with Crippen molar-refractivity contribution in [3.63, 3.8) is 0 Å². The van der Waals surface area contributed by atoms with E-state index in [4.69, 9.17) is 0 Å². The predicted octanol–water partition coefficient (Wildman–Crippen LogP) is 4.02. The number of hydrogen-bond acceptors (Lipinski definition) is 0. The fourth-order valence-corrected chi connectivity index (χ4v) is 1.02. The van der Waals surface area contributed by atoms with Gasteiger partial charge in [-0.05, 0) is 24.2 Å². The lowest BCUT2D eigenvalue weighted by Gasteiger charge is -2.39. The van der Waals surface area contributed by atoms with Crippen molar-refractivity contribution in [1.29, 1.82) is 0 Å². The van der Waals surface area contributed by atoms with Crippen LogP contribution >= 0.6 is 0 Å². The number of allylic oxidation sites excluding steroid dienone is 1. The predicted molar refractivity (Wildman–Crippen MR) is 52.7 cm³/mol. The molecule has 66 valence electrons. The molecule has 0 atom stereocenters. The fraction of sp³-hybridized carbons (Fsp3) is 0.818. The Balaban J connectivity index is 4.34. The molecule has 0 saturated carbocycles. The second-order valence-corrected chi connectivity index (χ2v) is 5.27. The fourth-order valence-electron chi connectivity index (χ4n) is 1.02. The SMILES string of the molecule is C=C(C)CC(C)(C)C(C)(C)C. The van der Waals surface area contributed by atoms with Gasteiger partial charge in [-0.25, -0.2) is 0 Å². The van der Waals surface area contributed by atoms with Gasteiger partial charge in [0, 0.05) is 0 Å². The zero-order valence-corrected chi connectivity index (χ0v) is 8.91. The first kappa shape index (κ1) is 10.7. The van der Waals surface area contributed by atoms with Crippen molar-refractivity contribution in [2.24, 2.45) is 10.8 Å². The second-order valence-electron chi connectivity index (χ2n) is 5.27. The molecule has 0 heteroatoms. The highest BCUT2D eigenvalue weighted by Gasteiger charge is 2.32. The van der Waals surface area contributed by atoms with Crippen LogP contribution in [0.3, 0.4) is 0 Å². The van der Waals surface area contributed by atoms with Gasteiger partial charge in [0.15, 0.2) is 0 Å². The van der Waals surface area contributed by atoms with Crippen LogP contribution < -0.4 is 0 Å². The maximum atomic E-state index is 3.95. The summed E-state index contributed by atoms with van der Waals surface area (Å²) in [5.41, 5.74) is 2.01. The summed E-state index contributed by atoms with van der Waals surface area (Å²) in [6, 6.07) is 0. The van der Waals surface area contributed by atoms with Crippen LogP contribution in [0.5, 0.6) is 0 Å². The van der Waals surface area contributed by atoms with Gasteiger partial charge >= 0.3 is 0 Å². The summed E-state index contributed by atoms with van der Waals surface area (Å²) in [7, 11) is 0. The van der Waals surface area contributed by atoms with Gasteiger partial charge in [0.2, 0.25) is 0 Å². The molecule has 0 amide bonds. The van der Waals surface area contributed by atoms with Gasteiger partial charge in [-0.1, -0.05) is 40.2 Å². The summed E-state index contributed by atoms with van der Waals surface area (Å²) < 4.78 is 0. The van der Waals surface area contributed by atoms with Crippen molar-refractivity contribution in [2.75, 3.05) is 0 Å². The maximum absolute atomic E-state index is 3.95. The molecule has 0 rings (SSSR count). The van der Waals surface area contributed by atoms with Gasteiger partial charge in [-0.3, -0.25) is 0 Å². The highest BCUT2D eigenvalue weighted by molar-refractivity contribution is 4.97. The standard InChI is InChI=1S/C11H22/c1-9(2)8-11(6,7)10(3,4)5/h1,8H2,2-7H3. The molecule has 0 aromatic rings. The minimum Gasteiger partial charge on any atom is -0.100 e. The Kier molecular flexibility index (Phi) is 2.93. The maximum Gasteiger partial charge on any atom is -0.0269 e. The summed E-state index contributed by atoms with van der Waals surface area (Å²) in [5.74, 6) is 0. The third-order valence-electron chi connectivity index (χ3n) is 2.77. The smallest absolute Gasteiger partial charge is 0.0269 e. The van der Waals surface area contributed by atoms with Gasteiger partial charge in [0.05, 0.1) is 0 Å². The molecule has 0 N–H and O–H groups in total. The average Bonchev–Trinajstić information content (AvgIpc) is 1.56. The molecule has 0 aliphatic carbocycles. The molecule has 0 bridgehead atoms. The van der Waals surface area contributed by atoms with Crippen LogP contribution in [0, 0.1) is 10.8 Å². The zero-order chi connectivity index (χ0) is 9.28. The van der Waals surface area contributed by atoms with Crippen LogP contribution in [0.2, 0.25) is 0 Å². The van der Waals surface area contributed by atoms with E-state index in [-0.39, 0.29) is 0 Å². The summed E-state index contributed by atoms with van der Waals surface area (Å²) >= 11 is 0. The lowest BCUT2D eigenvalue weighted by molar-refractivity contribution is 0.132. The molecule has 0 aromatic carbocycles. The molecule has 0 aromatic heterocycles. The Morgan fingerprint density at radius 1 is 1.09 bits per heavy atom. The van der Waals surface area contributed by atoms with Gasteiger partial charge in [-0.2, -0.15) is 0 Å². The van der Waals surface area contributed by atoms with Crippen LogP contribution in [-0.4, -0.2) is 0 Å². The van der Waals surface area contributed by atoms with Gasteiger partial charge in [0.25, 0.3) is 0 Å². The van der Waals surface area contributed by atoms with E-state index in [1.54, 1.807) is 0 Å². The number of rotatable bonds is 2. The van der Waals surface area contributed by atoms with E-state index in [1.807, 2.05) is 0 Å². The van der Waals surface area contributed by atoms with E-state index in [0.717, 1.165) is 6.42 Å². The molecule has 0 aliphatic heterocycles. The van der Waals surface area contributed by atoms with Crippen molar-refractivity contribution < 1.29 is 0 Å². The highest BCUT2D eigenvalue weighted by atomic mass is 14.4. The molecule has 0 spiro atoms. The van der Waals surface area contributed by atoms with Crippen LogP contribution in [0.4, 0.5) is 0 Å². The van der Waals surface area contributed by atoms with Gasteiger partial charge < -0.3 is 0 Å². The Labute approximate surface area is 71.7 Å². The quantitative estimate of drug-likeness (QED) is 0.527. The molecule has 11 heavy (non-hydrogen) atoms. The van der Waals surface area contributed by atoms with Crippen molar-refractivity contribution >= 4 is 0 Å². The minimum absolute atomic E-state index is 0.360. The first-order valence-electron chi connectivity index (χ1n) is 4.31. The summed E-state index contributed by atoms with van der Waals surface area (Å²) in [5, 5.41) is 0. The Morgan fingerprint density at radius 3 is 1.55 bits per heavy atom. The Bertz CT molecular complexity index is 144. The first-order chi connectivity index (χ1) is 4.67.